The lowest BCUT2D eigenvalue weighted by molar-refractivity contribution is -0.131. The maximum atomic E-state index is 16.7. The third kappa shape index (κ3) is 5.89. The Hall–Kier alpha value is -3.93. The van der Waals surface area contributed by atoms with Gasteiger partial charge < -0.3 is 14.5 Å². The summed E-state index contributed by atoms with van der Waals surface area (Å²) in [5, 5.41) is 2.54. The largest absolute Gasteiger partial charge is 0.461 e. The van der Waals surface area contributed by atoms with Crippen LogP contribution in [0, 0.1) is 11.7 Å². The number of alkyl halides is 1. The molecule has 9 nitrogen and oxygen atoms in total. The number of nitrogens with zero attached hydrogens (tertiary/aromatic N) is 7. The Morgan fingerprint density at radius 1 is 1.16 bits per heavy atom. The summed E-state index contributed by atoms with van der Waals surface area (Å²) < 4.78 is 37.5. The summed E-state index contributed by atoms with van der Waals surface area (Å²) in [4.78, 5) is 35.0. The fourth-order valence-corrected chi connectivity index (χ4v) is 8.41. The first-order chi connectivity index (χ1) is 23.7. The number of benzene rings is 2. The molecule has 256 valence electrons. The van der Waals surface area contributed by atoms with E-state index in [0.717, 1.165) is 37.7 Å². The number of amides is 1. The highest BCUT2D eigenvalue weighted by atomic mass is 35.5. The van der Waals surface area contributed by atoms with Gasteiger partial charge in [0.25, 0.3) is 0 Å². The average Bonchev–Trinajstić information content (AvgIpc) is 3.60. The number of likely N-dealkylation sites (tertiary alicyclic amines) is 2. The Morgan fingerprint density at radius 2 is 1.98 bits per heavy atom. The van der Waals surface area contributed by atoms with Crippen LogP contribution in [0.25, 0.3) is 32.9 Å². The summed E-state index contributed by atoms with van der Waals surface area (Å²) in [5.74, 6) is 0.130. The molecule has 1 amide bonds. The number of likely N-dealkylation sites (N-methyl/N-ethyl adjacent to an activating group) is 1. The number of halogens is 3. The van der Waals surface area contributed by atoms with E-state index in [1.54, 1.807) is 18.3 Å². The van der Waals surface area contributed by atoms with Crippen LogP contribution < -0.4 is 9.64 Å². The lowest BCUT2D eigenvalue weighted by Gasteiger charge is -2.41. The van der Waals surface area contributed by atoms with Gasteiger partial charge >= 0.3 is 6.01 Å². The second-order valence-electron chi connectivity index (χ2n) is 14.2. The standard InChI is InChI=1S/C37H40ClF2N7O2/c1-44-15-12-26(44)10-11-30(48)46-19-23(20-46)18-45(2)35-28-17-41-33(27-8-3-6-24-7-4-9-29(38)31(24)27)32(40)34(28)42-36(43-35)49-22-37-13-5-14-47(37)21-25(39)16-37/h3-4,6-11,17,23,25-26H,5,12-16,18-22H2,1-2H3/b11-10+/t25-,26+,37+/m1/s1. The number of carbonyl (C=O) groups excluding carboxylic acids is 1. The quantitative estimate of drug-likeness (QED) is 0.206. The number of fused-ring (bicyclic) bond motifs is 3. The monoisotopic (exact) mass is 687 g/mol. The summed E-state index contributed by atoms with van der Waals surface area (Å²) in [5.41, 5.74) is 0.384. The van der Waals surface area contributed by atoms with Crippen molar-refractivity contribution in [1.82, 2.24) is 29.7 Å². The van der Waals surface area contributed by atoms with Crippen LogP contribution in [0.2, 0.25) is 5.02 Å². The van der Waals surface area contributed by atoms with E-state index in [0.29, 0.717) is 65.8 Å². The van der Waals surface area contributed by atoms with Gasteiger partial charge in [-0.1, -0.05) is 48.0 Å². The molecule has 4 saturated heterocycles. The summed E-state index contributed by atoms with van der Waals surface area (Å²) in [6.45, 7) is 4.37. The smallest absolute Gasteiger partial charge is 0.319 e. The van der Waals surface area contributed by atoms with E-state index in [-0.39, 0.29) is 35.7 Å². The molecular formula is C37H40ClF2N7O2. The summed E-state index contributed by atoms with van der Waals surface area (Å²) in [7, 11) is 3.96. The fraction of sp³-hybridized carbons (Fsp3) is 0.459. The third-order valence-electron chi connectivity index (χ3n) is 11.0. The van der Waals surface area contributed by atoms with Gasteiger partial charge in [-0.15, -0.1) is 0 Å². The van der Waals surface area contributed by atoms with Crippen LogP contribution in [0.5, 0.6) is 6.01 Å². The molecule has 6 heterocycles. The number of carbonyl (C=O) groups is 1. The molecule has 0 spiro atoms. The van der Waals surface area contributed by atoms with E-state index >= 15 is 4.39 Å². The molecule has 49 heavy (non-hydrogen) atoms. The molecule has 4 aliphatic rings. The Labute approximate surface area is 289 Å². The predicted molar refractivity (Wildman–Crippen MR) is 187 cm³/mol. The van der Waals surface area contributed by atoms with E-state index in [2.05, 4.69) is 26.8 Å². The molecule has 4 aromatic rings. The SMILES string of the molecule is CN(CC1CN(C(=O)/C=C/[C@H]2CCN2C)C1)c1nc(OC[C@@]23CCCN2C[C@H](F)C3)nc2c(F)c(-c3cccc4cccc(Cl)c34)ncc12. The molecule has 3 atom stereocenters. The minimum absolute atomic E-state index is 0.0254. The van der Waals surface area contributed by atoms with Crippen molar-refractivity contribution in [3.05, 3.63) is 65.6 Å². The van der Waals surface area contributed by atoms with Gasteiger partial charge in [0.2, 0.25) is 5.91 Å². The summed E-state index contributed by atoms with van der Waals surface area (Å²) in [6, 6.07) is 11.5. The van der Waals surface area contributed by atoms with Crippen LogP contribution in [-0.2, 0) is 4.79 Å². The van der Waals surface area contributed by atoms with Gasteiger partial charge in [-0.2, -0.15) is 9.97 Å². The number of hydrogen-bond donors (Lipinski definition) is 0. The molecule has 2 aromatic heterocycles. The van der Waals surface area contributed by atoms with Gasteiger partial charge in [0, 0.05) is 86.4 Å². The highest BCUT2D eigenvalue weighted by molar-refractivity contribution is 6.36. The number of hydrogen-bond acceptors (Lipinski definition) is 8. The molecule has 0 saturated carbocycles. The molecule has 0 unspecified atom stereocenters. The Bertz CT molecular complexity index is 1950. The molecule has 2 aromatic carbocycles. The van der Waals surface area contributed by atoms with Gasteiger partial charge in [-0.25, -0.2) is 8.78 Å². The third-order valence-corrected chi connectivity index (χ3v) is 11.3. The van der Waals surface area contributed by atoms with Gasteiger partial charge in [-0.05, 0) is 44.3 Å². The van der Waals surface area contributed by atoms with Gasteiger partial charge in [0.05, 0.1) is 10.9 Å². The van der Waals surface area contributed by atoms with Crippen LogP contribution in [0.4, 0.5) is 14.6 Å². The molecule has 4 fully saturated rings. The lowest BCUT2D eigenvalue weighted by atomic mass is 9.95. The number of pyridine rings is 1. The first kappa shape index (κ1) is 32.3. The minimum Gasteiger partial charge on any atom is -0.461 e. The zero-order chi connectivity index (χ0) is 33.9. The first-order valence-electron chi connectivity index (χ1n) is 17.1. The van der Waals surface area contributed by atoms with E-state index in [1.807, 2.05) is 53.3 Å². The lowest BCUT2D eigenvalue weighted by Crippen LogP contribution is -2.53. The number of rotatable bonds is 9. The molecule has 0 bridgehead atoms. The Kier molecular flexibility index (Phi) is 8.40. The van der Waals surface area contributed by atoms with Crippen molar-refractivity contribution in [3.8, 4) is 17.3 Å². The summed E-state index contributed by atoms with van der Waals surface area (Å²) in [6.07, 6.45) is 7.69. The van der Waals surface area contributed by atoms with E-state index < -0.39 is 17.5 Å². The number of anilines is 1. The van der Waals surface area contributed by atoms with Crippen molar-refractivity contribution < 1.29 is 18.3 Å². The topological polar surface area (TPSA) is 77.9 Å². The average molecular weight is 688 g/mol. The molecule has 8 rings (SSSR count). The van der Waals surface area contributed by atoms with Crippen LogP contribution in [0.1, 0.15) is 25.7 Å². The molecule has 12 heteroatoms. The normalized spacial score (nSPS) is 24.5. The Balaban J connectivity index is 1.09. The van der Waals surface area contributed by atoms with E-state index in [4.69, 9.17) is 21.3 Å². The molecular weight excluding hydrogens is 648 g/mol. The molecule has 4 aliphatic heterocycles. The number of ether oxygens (including phenoxy) is 1. The van der Waals surface area contributed by atoms with Crippen molar-refractivity contribution in [1.29, 1.82) is 0 Å². The molecule has 0 aliphatic carbocycles. The van der Waals surface area contributed by atoms with Crippen LogP contribution in [0.3, 0.4) is 0 Å². The van der Waals surface area contributed by atoms with Crippen molar-refractivity contribution in [2.24, 2.45) is 5.92 Å². The molecule has 0 N–H and O–H groups in total. The first-order valence-corrected chi connectivity index (χ1v) is 17.5. The zero-order valence-corrected chi connectivity index (χ0v) is 28.5. The Morgan fingerprint density at radius 3 is 2.76 bits per heavy atom. The number of aromatic nitrogens is 3. The molecule has 0 radical (unpaired) electrons. The van der Waals surface area contributed by atoms with Gasteiger partial charge in [-0.3, -0.25) is 19.6 Å². The van der Waals surface area contributed by atoms with Crippen LogP contribution >= 0.6 is 11.6 Å². The maximum Gasteiger partial charge on any atom is 0.319 e. The minimum atomic E-state index is -0.898. The van der Waals surface area contributed by atoms with Gasteiger partial charge in [0.1, 0.15) is 29.8 Å². The van der Waals surface area contributed by atoms with Crippen LogP contribution in [0.15, 0.2) is 54.7 Å². The summed E-state index contributed by atoms with van der Waals surface area (Å²) >= 11 is 6.61. The van der Waals surface area contributed by atoms with Crippen molar-refractivity contribution >= 4 is 45.0 Å². The zero-order valence-electron chi connectivity index (χ0n) is 27.8. The fourth-order valence-electron chi connectivity index (χ4n) is 8.12. The maximum absolute atomic E-state index is 16.7. The van der Waals surface area contributed by atoms with E-state index in [9.17, 15) is 9.18 Å². The van der Waals surface area contributed by atoms with Crippen LogP contribution in [-0.4, -0.2) is 113 Å². The van der Waals surface area contributed by atoms with Crippen molar-refractivity contribution in [2.75, 3.05) is 64.9 Å². The van der Waals surface area contributed by atoms with E-state index in [1.165, 1.54) is 0 Å². The van der Waals surface area contributed by atoms with Crippen molar-refractivity contribution in [2.45, 2.75) is 43.4 Å². The van der Waals surface area contributed by atoms with Crippen molar-refractivity contribution in [3.63, 3.8) is 0 Å². The van der Waals surface area contributed by atoms with Gasteiger partial charge in [0.15, 0.2) is 5.82 Å². The highest BCUT2D eigenvalue weighted by Crippen LogP contribution is 2.41. The second kappa shape index (κ2) is 12.8. The second-order valence-corrected chi connectivity index (χ2v) is 14.6. The predicted octanol–water partition coefficient (Wildman–Crippen LogP) is 5.75. The highest BCUT2D eigenvalue weighted by Gasteiger charge is 2.49.